The molecule has 30 heavy (non-hydrogen) atoms. The molecule has 1 heterocycles. The third kappa shape index (κ3) is 4.46. The number of amidine groups is 1. The van der Waals surface area contributed by atoms with Gasteiger partial charge in [0.2, 0.25) is 0 Å². The average Bonchev–Trinajstić information content (AvgIpc) is 3.05. The van der Waals surface area contributed by atoms with E-state index < -0.39 is 0 Å². The minimum atomic E-state index is -0.166. The molecule has 0 aromatic heterocycles. The van der Waals surface area contributed by atoms with Crippen molar-refractivity contribution in [1.29, 1.82) is 0 Å². The van der Waals surface area contributed by atoms with Crippen molar-refractivity contribution < 1.29 is 4.79 Å². The summed E-state index contributed by atoms with van der Waals surface area (Å²) in [6.45, 7) is 2.01. The number of rotatable bonds is 4. The van der Waals surface area contributed by atoms with Crippen LogP contribution in [0.25, 0.3) is 6.08 Å². The fourth-order valence-corrected chi connectivity index (χ4v) is 4.68. The summed E-state index contributed by atoms with van der Waals surface area (Å²) in [6, 6.07) is 24.6. The number of hydrogen-bond donors (Lipinski definition) is 0. The van der Waals surface area contributed by atoms with Gasteiger partial charge in [0.25, 0.3) is 5.91 Å². The molecule has 0 unspecified atom stereocenters. The van der Waals surface area contributed by atoms with Gasteiger partial charge in [-0.05, 0) is 60.2 Å². The highest BCUT2D eigenvalue weighted by molar-refractivity contribution is 8.18. The predicted molar refractivity (Wildman–Crippen MR) is 127 cm³/mol. The van der Waals surface area contributed by atoms with Crippen LogP contribution < -0.4 is 0 Å². The highest BCUT2D eigenvalue weighted by atomic mass is 35.5. The molecule has 1 atom stereocenters. The van der Waals surface area contributed by atoms with Crippen LogP contribution in [0.4, 0.5) is 5.69 Å². The summed E-state index contributed by atoms with van der Waals surface area (Å²) >= 11 is 13.7. The van der Waals surface area contributed by atoms with Crippen molar-refractivity contribution >= 4 is 57.8 Å². The second-order valence-corrected chi connectivity index (χ2v) is 8.62. The van der Waals surface area contributed by atoms with Gasteiger partial charge < -0.3 is 0 Å². The maximum Gasteiger partial charge on any atom is 0.267 e. The number of carbonyl (C=O) groups is 1. The van der Waals surface area contributed by atoms with Crippen LogP contribution in [-0.2, 0) is 4.79 Å². The molecule has 0 radical (unpaired) electrons. The first kappa shape index (κ1) is 20.7. The van der Waals surface area contributed by atoms with Gasteiger partial charge in [0.05, 0.1) is 16.6 Å². The normalized spacial score (nSPS) is 17.7. The lowest BCUT2D eigenvalue weighted by Gasteiger charge is -2.24. The first-order valence-electron chi connectivity index (χ1n) is 9.40. The van der Waals surface area contributed by atoms with Crippen molar-refractivity contribution in [2.45, 2.75) is 13.0 Å². The number of amides is 1. The first-order chi connectivity index (χ1) is 14.5. The molecule has 3 aromatic carbocycles. The second-order valence-electron chi connectivity index (χ2n) is 6.77. The topological polar surface area (TPSA) is 32.7 Å². The van der Waals surface area contributed by atoms with Gasteiger partial charge in [-0.1, -0.05) is 77.8 Å². The number of hydrogen-bond acceptors (Lipinski definition) is 3. The quantitative estimate of drug-likeness (QED) is 0.387. The molecule has 4 rings (SSSR count). The van der Waals surface area contributed by atoms with Gasteiger partial charge in [-0.2, -0.15) is 0 Å². The number of thioether (sulfide) groups is 1. The summed E-state index contributed by atoms with van der Waals surface area (Å²) < 4.78 is 0. The van der Waals surface area contributed by atoms with E-state index in [9.17, 15) is 4.79 Å². The maximum atomic E-state index is 13.4. The van der Waals surface area contributed by atoms with Gasteiger partial charge in [-0.15, -0.1) is 0 Å². The summed E-state index contributed by atoms with van der Waals surface area (Å²) in [5, 5.41) is 1.69. The zero-order valence-electron chi connectivity index (χ0n) is 16.1. The molecule has 1 aliphatic heterocycles. The van der Waals surface area contributed by atoms with Crippen LogP contribution in [0.15, 0.2) is 88.8 Å². The molecule has 1 amide bonds. The highest BCUT2D eigenvalue weighted by Crippen LogP contribution is 2.39. The van der Waals surface area contributed by atoms with Crippen LogP contribution >= 0.6 is 35.0 Å². The summed E-state index contributed by atoms with van der Waals surface area (Å²) in [6.07, 6.45) is 1.80. The van der Waals surface area contributed by atoms with Crippen molar-refractivity contribution in [3.8, 4) is 0 Å². The molecular weight excluding hydrogens is 435 g/mol. The number of para-hydroxylation sites is 1. The molecule has 0 aliphatic carbocycles. The van der Waals surface area contributed by atoms with Crippen molar-refractivity contribution in [2.24, 2.45) is 4.99 Å². The van der Waals surface area contributed by atoms with E-state index in [2.05, 4.69) is 0 Å². The van der Waals surface area contributed by atoms with E-state index >= 15 is 0 Å². The van der Waals surface area contributed by atoms with Crippen molar-refractivity contribution in [1.82, 2.24) is 4.90 Å². The molecule has 3 aromatic rings. The molecule has 0 N–H and O–H groups in total. The van der Waals surface area contributed by atoms with Crippen LogP contribution in [0.3, 0.4) is 0 Å². The Labute approximate surface area is 190 Å². The van der Waals surface area contributed by atoms with Gasteiger partial charge in [0.1, 0.15) is 0 Å². The zero-order chi connectivity index (χ0) is 21.1. The van der Waals surface area contributed by atoms with Gasteiger partial charge in [0, 0.05) is 10.0 Å². The average molecular weight is 453 g/mol. The van der Waals surface area contributed by atoms with Gasteiger partial charge in [-0.25, -0.2) is 4.99 Å². The van der Waals surface area contributed by atoms with Crippen LogP contribution in [0.5, 0.6) is 0 Å². The number of carbonyl (C=O) groups excluding carboxylic acids is 1. The van der Waals surface area contributed by atoms with E-state index in [-0.39, 0.29) is 11.9 Å². The van der Waals surface area contributed by atoms with Gasteiger partial charge in [-0.3, -0.25) is 9.69 Å². The van der Waals surface area contributed by atoms with Crippen LogP contribution in [0.1, 0.15) is 24.1 Å². The van der Waals surface area contributed by atoms with E-state index in [1.54, 1.807) is 23.1 Å². The molecule has 6 heteroatoms. The lowest BCUT2D eigenvalue weighted by Crippen LogP contribution is -2.32. The first-order valence-corrected chi connectivity index (χ1v) is 11.0. The highest BCUT2D eigenvalue weighted by Gasteiger charge is 2.37. The monoisotopic (exact) mass is 452 g/mol. The van der Waals surface area contributed by atoms with Gasteiger partial charge >= 0.3 is 0 Å². The molecule has 1 aliphatic rings. The van der Waals surface area contributed by atoms with Gasteiger partial charge in [0.15, 0.2) is 5.17 Å². The zero-order valence-corrected chi connectivity index (χ0v) is 18.5. The molecule has 0 spiro atoms. The lowest BCUT2D eigenvalue weighted by atomic mass is 10.1. The largest absolute Gasteiger partial charge is 0.279 e. The molecule has 150 valence electrons. The Bertz CT molecular complexity index is 1130. The maximum absolute atomic E-state index is 13.4. The van der Waals surface area contributed by atoms with Crippen molar-refractivity contribution in [3.05, 3.63) is 105 Å². The minimum absolute atomic E-state index is 0.1000. The smallest absolute Gasteiger partial charge is 0.267 e. The fourth-order valence-electron chi connectivity index (χ4n) is 3.16. The van der Waals surface area contributed by atoms with Crippen molar-refractivity contribution in [2.75, 3.05) is 0 Å². The minimum Gasteiger partial charge on any atom is -0.279 e. The Morgan fingerprint density at radius 2 is 1.63 bits per heavy atom. The van der Waals surface area contributed by atoms with E-state index in [1.165, 1.54) is 11.8 Å². The second kappa shape index (κ2) is 9.09. The SMILES string of the molecule is C[C@@H](c1ccccc1)N1C(=O)/C(=C\c2ccc(Cl)cc2Cl)SC1=Nc1ccccc1. The Hall–Kier alpha value is -2.53. The number of halogens is 2. The van der Waals surface area contributed by atoms with E-state index in [4.69, 9.17) is 28.2 Å². The van der Waals surface area contributed by atoms with E-state index in [0.29, 0.717) is 20.1 Å². The van der Waals surface area contributed by atoms with E-state index in [1.807, 2.05) is 73.7 Å². The molecule has 0 bridgehead atoms. The fraction of sp³-hybridized carbons (Fsp3) is 0.0833. The molecular formula is C24H18Cl2N2OS. The number of nitrogens with zero attached hydrogens (tertiary/aromatic N) is 2. The summed E-state index contributed by atoms with van der Waals surface area (Å²) in [4.78, 5) is 20.5. The standard InChI is InChI=1S/C24H18Cl2N2OS/c1-16(17-8-4-2-5-9-17)28-23(29)22(14-18-12-13-19(25)15-21(18)26)30-24(28)27-20-10-6-3-7-11-20/h2-16H,1H3/b22-14+,27-24?/t16-/m0/s1. The lowest BCUT2D eigenvalue weighted by molar-refractivity contribution is -0.123. The number of benzene rings is 3. The Kier molecular flexibility index (Phi) is 6.28. The Morgan fingerprint density at radius 3 is 2.30 bits per heavy atom. The summed E-state index contributed by atoms with van der Waals surface area (Å²) in [5.41, 5.74) is 2.58. The summed E-state index contributed by atoms with van der Waals surface area (Å²) in [5.74, 6) is -0.1000. The molecule has 1 fully saturated rings. The van der Waals surface area contributed by atoms with Crippen molar-refractivity contribution in [3.63, 3.8) is 0 Å². The number of aliphatic imine (C=N–C) groups is 1. The molecule has 1 saturated heterocycles. The third-order valence-electron chi connectivity index (χ3n) is 4.74. The molecule has 3 nitrogen and oxygen atoms in total. The van der Waals surface area contributed by atoms with Crippen LogP contribution in [-0.4, -0.2) is 16.0 Å². The Morgan fingerprint density at radius 1 is 0.967 bits per heavy atom. The van der Waals surface area contributed by atoms with Crippen LogP contribution in [0, 0.1) is 0 Å². The predicted octanol–water partition coefficient (Wildman–Crippen LogP) is 7.36. The third-order valence-corrected chi connectivity index (χ3v) is 6.28. The van der Waals surface area contributed by atoms with Crippen LogP contribution in [0.2, 0.25) is 10.0 Å². The molecule has 0 saturated carbocycles. The van der Waals surface area contributed by atoms with E-state index in [0.717, 1.165) is 16.8 Å². The Balaban J connectivity index is 1.76. The summed E-state index contributed by atoms with van der Waals surface area (Å²) in [7, 11) is 0.